The lowest BCUT2D eigenvalue weighted by atomic mass is 9.82. The minimum Gasteiger partial charge on any atom is -0.344 e. The third-order valence-corrected chi connectivity index (χ3v) is 3.77. The quantitative estimate of drug-likeness (QED) is 0.813. The first-order valence-corrected chi connectivity index (χ1v) is 6.75. The maximum atomic E-state index is 12.1. The van der Waals surface area contributed by atoms with E-state index in [2.05, 4.69) is 5.32 Å². The average molecular weight is 292 g/mol. The van der Waals surface area contributed by atoms with E-state index in [1.54, 1.807) is 18.9 Å². The van der Waals surface area contributed by atoms with Crippen LogP contribution in [0, 0.1) is 0 Å². The van der Waals surface area contributed by atoms with Crippen LogP contribution in [-0.4, -0.2) is 41.9 Å². The highest BCUT2D eigenvalue weighted by atomic mass is 35.5. The van der Waals surface area contributed by atoms with Crippen molar-refractivity contribution in [2.75, 3.05) is 13.6 Å². The first-order valence-electron chi connectivity index (χ1n) is 6.75. The zero-order valence-corrected chi connectivity index (χ0v) is 12.9. The van der Waals surface area contributed by atoms with E-state index < -0.39 is 11.6 Å². The molecule has 0 aliphatic heterocycles. The monoisotopic (exact) mass is 291 g/mol. The number of amides is 2. The molecule has 1 fully saturated rings. The van der Waals surface area contributed by atoms with Crippen LogP contribution in [0.25, 0.3) is 0 Å². The summed E-state index contributed by atoms with van der Waals surface area (Å²) < 4.78 is 0. The number of hydrogen-bond donors (Lipinski definition) is 2. The van der Waals surface area contributed by atoms with Gasteiger partial charge in [0.1, 0.15) is 6.04 Å². The first-order chi connectivity index (χ1) is 8.40. The van der Waals surface area contributed by atoms with Crippen LogP contribution in [-0.2, 0) is 9.59 Å². The van der Waals surface area contributed by atoms with Crippen molar-refractivity contribution in [1.82, 2.24) is 10.2 Å². The lowest BCUT2D eigenvalue weighted by molar-refractivity contribution is -0.136. The Balaban J connectivity index is 0.00000324. The molecule has 0 radical (unpaired) electrons. The van der Waals surface area contributed by atoms with E-state index in [0.29, 0.717) is 19.4 Å². The first kappa shape index (κ1) is 18.2. The van der Waals surface area contributed by atoms with Crippen molar-refractivity contribution < 1.29 is 9.59 Å². The Labute approximate surface area is 121 Å². The Hall–Kier alpha value is -0.810. The number of carbonyl (C=O) groups excluding carboxylic acids is 2. The smallest absolute Gasteiger partial charge is 0.244 e. The summed E-state index contributed by atoms with van der Waals surface area (Å²) in [5.74, 6) is -0.266. The second-order valence-electron chi connectivity index (χ2n) is 5.26. The molecule has 0 aromatic carbocycles. The van der Waals surface area contributed by atoms with Crippen LogP contribution in [0.5, 0.6) is 0 Å². The molecule has 6 heteroatoms. The Kier molecular flexibility index (Phi) is 7.37. The van der Waals surface area contributed by atoms with E-state index in [-0.39, 0.29) is 24.2 Å². The molecule has 3 N–H and O–H groups in total. The molecule has 112 valence electrons. The third-order valence-electron chi connectivity index (χ3n) is 3.77. The minimum absolute atomic E-state index is 0. The molecule has 0 bridgehead atoms. The number of carbonyl (C=O) groups is 2. The van der Waals surface area contributed by atoms with Gasteiger partial charge in [0, 0.05) is 13.6 Å². The van der Waals surface area contributed by atoms with E-state index in [9.17, 15) is 9.59 Å². The van der Waals surface area contributed by atoms with Gasteiger partial charge in [0.2, 0.25) is 11.8 Å². The van der Waals surface area contributed by atoms with Crippen LogP contribution in [0.4, 0.5) is 0 Å². The van der Waals surface area contributed by atoms with Gasteiger partial charge >= 0.3 is 0 Å². The number of nitrogens with two attached hydrogens (primary N) is 1. The maximum absolute atomic E-state index is 12.1. The van der Waals surface area contributed by atoms with Gasteiger partial charge in [-0.05, 0) is 26.7 Å². The van der Waals surface area contributed by atoms with Crippen molar-refractivity contribution in [1.29, 1.82) is 0 Å². The van der Waals surface area contributed by atoms with Gasteiger partial charge in [-0.2, -0.15) is 0 Å². The van der Waals surface area contributed by atoms with E-state index in [4.69, 9.17) is 5.73 Å². The highest BCUT2D eigenvalue weighted by Gasteiger charge is 2.36. The highest BCUT2D eigenvalue weighted by molar-refractivity contribution is 5.91. The summed E-state index contributed by atoms with van der Waals surface area (Å²) >= 11 is 0. The molecule has 19 heavy (non-hydrogen) atoms. The van der Waals surface area contributed by atoms with Gasteiger partial charge < -0.3 is 16.0 Å². The van der Waals surface area contributed by atoms with Gasteiger partial charge in [0.15, 0.2) is 0 Å². The number of nitrogens with one attached hydrogen (secondary N) is 1. The summed E-state index contributed by atoms with van der Waals surface area (Å²) in [5, 5.41) is 2.75. The summed E-state index contributed by atoms with van der Waals surface area (Å²) in [4.78, 5) is 25.6. The summed E-state index contributed by atoms with van der Waals surface area (Å²) in [6, 6.07) is -0.509. The highest BCUT2D eigenvalue weighted by Crippen LogP contribution is 2.26. The fraction of sp³-hybridized carbons (Fsp3) is 0.846. The summed E-state index contributed by atoms with van der Waals surface area (Å²) in [6.07, 6.45) is 4.54. The zero-order valence-electron chi connectivity index (χ0n) is 12.1. The van der Waals surface area contributed by atoms with Crippen LogP contribution in [0.2, 0.25) is 0 Å². The standard InChI is InChI=1S/C13H25N3O2.ClH/c1-4-16(3)11(17)10(2)15-12(18)13(14)8-6-5-7-9-13;/h10H,4-9,14H2,1-3H3,(H,15,18);1H. The Morgan fingerprint density at radius 3 is 2.32 bits per heavy atom. The minimum atomic E-state index is -0.780. The zero-order chi connectivity index (χ0) is 13.8. The largest absolute Gasteiger partial charge is 0.344 e. The van der Waals surface area contributed by atoms with Gasteiger partial charge in [-0.3, -0.25) is 9.59 Å². The fourth-order valence-corrected chi connectivity index (χ4v) is 2.30. The number of hydrogen-bond acceptors (Lipinski definition) is 3. The molecule has 1 atom stereocenters. The van der Waals surface area contributed by atoms with Crippen molar-refractivity contribution in [3.8, 4) is 0 Å². The van der Waals surface area contributed by atoms with Crippen LogP contribution in [0.1, 0.15) is 46.0 Å². The predicted molar refractivity (Wildman–Crippen MR) is 78.2 cm³/mol. The molecule has 0 aromatic heterocycles. The third kappa shape index (κ3) is 4.66. The van der Waals surface area contributed by atoms with E-state index >= 15 is 0 Å². The fourth-order valence-electron chi connectivity index (χ4n) is 2.30. The lowest BCUT2D eigenvalue weighted by Gasteiger charge is -2.33. The van der Waals surface area contributed by atoms with E-state index in [1.165, 1.54) is 0 Å². The molecule has 0 spiro atoms. The average Bonchev–Trinajstić information content (AvgIpc) is 2.37. The molecule has 1 saturated carbocycles. The van der Waals surface area contributed by atoms with Crippen molar-refractivity contribution in [2.24, 2.45) is 5.73 Å². The molecule has 1 aliphatic carbocycles. The second-order valence-corrected chi connectivity index (χ2v) is 5.26. The molecule has 1 rings (SSSR count). The van der Waals surface area contributed by atoms with Gasteiger partial charge in [0.25, 0.3) is 0 Å². The number of nitrogens with zero attached hydrogens (tertiary/aromatic N) is 1. The molecule has 2 amide bonds. The summed E-state index contributed by atoms with van der Waals surface area (Å²) in [6.45, 7) is 4.24. The predicted octanol–water partition coefficient (Wildman–Crippen LogP) is 1.05. The number of rotatable bonds is 4. The molecular weight excluding hydrogens is 266 g/mol. The van der Waals surface area contributed by atoms with Crippen LogP contribution in [0.15, 0.2) is 0 Å². The molecule has 1 unspecified atom stereocenters. The van der Waals surface area contributed by atoms with E-state index in [1.807, 2.05) is 6.92 Å². The van der Waals surface area contributed by atoms with Gasteiger partial charge in [0.05, 0.1) is 5.54 Å². The molecular formula is C13H26ClN3O2. The molecule has 0 saturated heterocycles. The Morgan fingerprint density at radius 2 is 1.84 bits per heavy atom. The van der Waals surface area contributed by atoms with Crippen molar-refractivity contribution in [2.45, 2.75) is 57.5 Å². The molecule has 1 aliphatic rings. The Bertz CT molecular complexity index is 317. The molecule has 0 aromatic rings. The Morgan fingerprint density at radius 1 is 1.32 bits per heavy atom. The van der Waals surface area contributed by atoms with Crippen molar-refractivity contribution >= 4 is 24.2 Å². The van der Waals surface area contributed by atoms with Gasteiger partial charge in [-0.1, -0.05) is 19.3 Å². The molecule has 5 nitrogen and oxygen atoms in total. The number of likely N-dealkylation sites (N-methyl/N-ethyl adjacent to an activating group) is 1. The van der Waals surface area contributed by atoms with Crippen LogP contribution in [0.3, 0.4) is 0 Å². The summed E-state index contributed by atoms with van der Waals surface area (Å²) in [5.41, 5.74) is 5.34. The topological polar surface area (TPSA) is 75.4 Å². The van der Waals surface area contributed by atoms with Gasteiger partial charge in [-0.25, -0.2) is 0 Å². The van der Waals surface area contributed by atoms with Crippen molar-refractivity contribution in [3.63, 3.8) is 0 Å². The second kappa shape index (κ2) is 7.70. The maximum Gasteiger partial charge on any atom is 0.244 e. The SMILES string of the molecule is CCN(C)C(=O)C(C)NC(=O)C1(N)CCCCC1.Cl. The number of halogens is 1. The van der Waals surface area contributed by atoms with Crippen molar-refractivity contribution in [3.05, 3.63) is 0 Å². The summed E-state index contributed by atoms with van der Waals surface area (Å²) in [7, 11) is 1.73. The van der Waals surface area contributed by atoms with Gasteiger partial charge in [-0.15, -0.1) is 12.4 Å². The molecule has 0 heterocycles. The van der Waals surface area contributed by atoms with E-state index in [0.717, 1.165) is 19.3 Å². The normalized spacial score (nSPS) is 18.9. The van der Waals surface area contributed by atoms with Crippen LogP contribution >= 0.6 is 12.4 Å². The lowest BCUT2D eigenvalue weighted by Crippen LogP contribution is -2.58. The van der Waals surface area contributed by atoms with Crippen LogP contribution < -0.4 is 11.1 Å².